The first-order valence-corrected chi connectivity index (χ1v) is 12.8. The van der Waals surface area contributed by atoms with Gasteiger partial charge in [-0.05, 0) is 58.8 Å². The lowest BCUT2D eigenvalue weighted by molar-refractivity contribution is -0.143. The highest BCUT2D eigenvalue weighted by molar-refractivity contribution is 7.89. The molecule has 4 aromatic rings. The number of sulfonamides is 1. The molecule has 0 aliphatic heterocycles. The van der Waals surface area contributed by atoms with E-state index >= 15 is 0 Å². The Bertz CT molecular complexity index is 1640. The Labute approximate surface area is 228 Å². The fraction of sp³-hybridized carbons (Fsp3) is 0.167. The van der Waals surface area contributed by atoms with Crippen molar-refractivity contribution in [3.63, 3.8) is 0 Å². The number of rotatable bonds is 6. The van der Waals surface area contributed by atoms with Gasteiger partial charge in [-0.3, -0.25) is 0 Å². The highest BCUT2D eigenvalue weighted by Gasteiger charge is 2.37. The number of halogens is 6. The molecular formula is C24H19F6N7O3S. The predicted molar refractivity (Wildman–Crippen MR) is 135 cm³/mol. The Kier molecular flexibility index (Phi) is 7.77. The number of hydrogen-bond acceptors (Lipinski definition) is 6. The van der Waals surface area contributed by atoms with Crippen molar-refractivity contribution in [2.45, 2.75) is 17.2 Å². The van der Waals surface area contributed by atoms with Crippen LogP contribution in [-0.4, -0.2) is 53.5 Å². The van der Waals surface area contributed by atoms with E-state index in [2.05, 4.69) is 25.9 Å². The van der Waals surface area contributed by atoms with Gasteiger partial charge in [-0.15, -0.1) is 10.2 Å². The maximum Gasteiger partial charge on any atom is 0.416 e. The zero-order valence-electron chi connectivity index (χ0n) is 21.0. The molecule has 0 fully saturated rings. The zero-order chi connectivity index (χ0) is 30.2. The molecule has 0 aliphatic carbocycles. The Hall–Kier alpha value is -4.51. The molecule has 4 rings (SSSR count). The van der Waals surface area contributed by atoms with Crippen LogP contribution in [0, 0.1) is 0 Å². The number of hydrogen-bond donors (Lipinski definition) is 3. The third-order valence-corrected chi connectivity index (χ3v) is 7.48. The van der Waals surface area contributed by atoms with Gasteiger partial charge in [0.25, 0.3) is 0 Å². The second-order valence-corrected chi connectivity index (χ2v) is 10.8. The van der Waals surface area contributed by atoms with Crippen LogP contribution in [0.3, 0.4) is 0 Å². The number of carbonyl (C=O) groups excluding carboxylic acids is 1. The number of benzene rings is 3. The summed E-state index contributed by atoms with van der Waals surface area (Å²) in [5.74, 6) is 0.0849. The second-order valence-electron chi connectivity index (χ2n) is 8.68. The lowest BCUT2D eigenvalue weighted by Gasteiger charge is -2.16. The van der Waals surface area contributed by atoms with Crippen molar-refractivity contribution in [3.8, 4) is 22.5 Å². The zero-order valence-corrected chi connectivity index (χ0v) is 21.8. The number of urea groups is 1. The van der Waals surface area contributed by atoms with E-state index in [1.807, 2.05) is 5.32 Å². The van der Waals surface area contributed by atoms with Crippen molar-refractivity contribution in [3.05, 3.63) is 71.8 Å². The van der Waals surface area contributed by atoms with Gasteiger partial charge in [0.15, 0.2) is 0 Å². The average Bonchev–Trinajstić information content (AvgIpc) is 3.42. The van der Waals surface area contributed by atoms with Crippen molar-refractivity contribution in [2.24, 2.45) is 0 Å². The SMILES string of the molecule is CN(C)S(=O)(=O)c1ccc(-c2ccc(NC(=O)Nc3cc(C(F)(F)F)cc(C(F)(F)F)c3)cc2-c2nn[nH]n2)cc1. The molecule has 10 nitrogen and oxygen atoms in total. The predicted octanol–water partition coefficient (Wildman–Crippen LogP) is 5.47. The van der Waals surface area contributed by atoms with Crippen LogP contribution in [0.4, 0.5) is 42.5 Å². The van der Waals surface area contributed by atoms with Crippen molar-refractivity contribution in [2.75, 3.05) is 24.7 Å². The third-order valence-electron chi connectivity index (χ3n) is 5.65. The van der Waals surface area contributed by atoms with E-state index in [0.29, 0.717) is 28.8 Å². The molecule has 216 valence electrons. The molecule has 0 bridgehead atoms. The lowest BCUT2D eigenvalue weighted by atomic mass is 9.98. The van der Waals surface area contributed by atoms with Crippen LogP contribution in [0.5, 0.6) is 0 Å². The maximum atomic E-state index is 13.1. The molecule has 0 aliphatic rings. The fourth-order valence-electron chi connectivity index (χ4n) is 3.67. The quantitative estimate of drug-likeness (QED) is 0.252. The van der Waals surface area contributed by atoms with E-state index in [1.54, 1.807) is 12.1 Å². The molecule has 0 atom stereocenters. The monoisotopic (exact) mass is 599 g/mol. The summed E-state index contributed by atoms with van der Waals surface area (Å²) >= 11 is 0. The van der Waals surface area contributed by atoms with E-state index in [1.165, 1.54) is 44.4 Å². The van der Waals surface area contributed by atoms with Gasteiger partial charge in [-0.1, -0.05) is 18.2 Å². The Morgan fingerprint density at radius 1 is 0.805 bits per heavy atom. The second kappa shape index (κ2) is 10.8. The molecule has 0 unspecified atom stereocenters. The first kappa shape index (κ1) is 29.5. The smallest absolute Gasteiger partial charge is 0.308 e. The molecule has 0 saturated heterocycles. The minimum absolute atomic E-state index is 0.0468. The molecule has 17 heteroatoms. The summed E-state index contributed by atoms with van der Waals surface area (Å²) < 4.78 is 105. The van der Waals surface area contributed by atoms with Crippen LogP contribution in [0.25, 0.3) is 22.5 Å². The molecule has 3 aromatic carbocycles. The Morgan fingerprint density at radius 2 is 1.39 bits per heavy atom. The van der Waals surface area contributed by atoms with Crippen LogP contribution < -0.4 is 10.6 Å². The Balaban J connectivity index is 1.64. The molecule has 41 heavy (non-hydrogen) atoms. The van der Waals surface area contributed by atoms with Crippen LogP contribution in [0.1, 0.15) is 11.1 Å². The summed E-state index contributed by atoms with van der Waals surface area (Å²) in [7, 11) is -0.902. The Morgan fingerprint density at radius 3 is 1.90 bits per heavy atom. The van der Waals surface area contributed by atoms with E-state index in [9.17, 15) is 39.6 Å². The van der Waals surface area contributed by atoms with Crippen LogP contribution in [0.15, 0.2) is 65.6 Å². The standard InChI is InChI=1S/C24H19F6N7O3S/c1-37(2)41(39,40)18-6-3-13(4-7-18)19-8-5-16(12-20(19)21-33-35-36-34-21)31-22(38)32-17-10-14(23(25,26)27)9-15(11-17)24(28,29)30/h3-12H,1-2H3,(H2,31,32,38)(H,33,34,35,36). The van der Waals surface area contributed by atoms with Gasteiger partial charge in [0.05, 0.1) is 16.0 Å². The van der Waals surface area contributed by atoms with Crippen LogP contribution >= 0.6 is 0 Å². The number of tetrazole rings is 1. The summed E-state index contributed by atoms with van der Waals surface area (Å²) in [6.45, 7) is 0. The summed E-state index contributed by atoms with van der Waals surface area (Å²) in [6, 6.07) is 9.80. The van der Waals surface area contributed by atoms with Gasteiger partial charge in [0.1, 0.15) is 0 Å². The van der Waals surface area contributed by atoms with Crippen molar-refractivity contribution < 1.29 is 39.6 Å². The largest absolute Gasteiger partial charge is 0.416 e. The summed E-state index contributed by atoms with van der Waals surface area (Å²) in [5.41, 5.74) is -2.46. The third kappa shape index (κ3) is 6.63. The van der Waals surface area contributed by atoms with Crippen LogP contribution in [0.2, 0.25) is 0 Å². The molecule has 1 heterocycles. The average molecular weight is 600 g/mol. The number of H-pyrrole nitrogens is 1. The van der Waals surface area contributed by atoms with Crippen molar-refractivity contribution in [1.82, 2.24) is 24.9 Å². The number of aromatic nitrogens is 4. The van der Waals surface area contributed by atoms with Crippen molar-refractivity contribution >= 4 is 27.4 Å². The minimum atomic E-state index is -5.08. The minimum Gasteiger partial charge on any atom is -0.308 e. The summed E-state index contributed by atoms with van der Waals surface area (Å²) in [4.78, 5) is 12.6. The first-order valence-electron chi connectivity index (χ1n) is 11.3. The lowest BCUT2D eigenvalue weighted by Crippen LogP contribution is -2.22. The van der Waals surface area contributed by atoms with Gasteiger partial charge in [0, 0.05) is 31.0 Å². The first-order chi connectivity index (χ1) is 19.1. The van der Waals surface area contributed by atoms with Gasteiger partial charge in [-0.2, -0.15) is 31.6 Å². The van der Waals surface area contributed by atoms with E-state index in [4.69, 9.17) is 0 Å². The highest BCUT2D eigenvalue weighted by atomic mass is 32.2. The van der Waals surface area contributed by atoms with Gasteiger partial charge in [0.2, 0.25) is 15.8 Å². The maximum absolute atomic E-state index is 13.1. The number of amides is 2. The number of anilines is 2. The number of nitrogens with one attached hydrogen (secondary N) is 3. The van der Waals surface area contributed by atoms with E-state index < -0.39 is 45.2 Å². The molecule has 1 aromatic heterocycles. The molecule has 2 amide bonds. The van der Waals surface area contributed by atoms with Gasteiger partial charge >= 0.3 is 18.4 Å². The molecular weight excluding hydrogens is 580 g/mol. The molecule has 3 N–H and O–H groups in total. The highest BCUT2D eigenvalue weighted by Crippen LogP contribution is 2.38. The van der Waals surface area contributed by atoms with Crippen molar-refractivity contribution in [1.29, 1.82) is 0 Å². The number of alkyl halides is 6. The number of nitrogens with zero attached hydrogens (tertiary/aromatic N) is 4. The summed E-state index contributed by atoms with van der Waals surface area (Å²) in [5, 5.41) is 17.9. The van der Waals surface area contributed by atoms with Gasteiger partial charge < -0.3 is 10.6 Å². The molecule has 0 saturated carbocycles. The number of carbonyl (C=O) groups is 1. The van der Waals surface area contributed by atoms with Crippen LogP contribution in [-0.2, 0) is 22.4 Å². The van der Waals surface area contributed by atoms with E-state index in [0.717, 1.165) is 4.31 Å². The molecule has 0 spiro atoms. The fourth-order valence-corrected chi connectivity index (χ4v) is 4.57. The number of aromatic amines is 1. The molecule has 0 radical (unpaired) electrons. The topological polar surface area (TPSA) is 133 Å². The van der Waals surface area contributed by atoms with E-state index in [-0.39, 0.29) is 22.5 Å². The van der Waals surface area contributed by atoms with Gasteiger partial charge in [-0.25, -0.2) is 17.5 Å². The normalized spacial score (nSPS) is 12.4. The summed E-state index contributed by atoms with van der Waals surface area (Å²) in [6.07, 6.45) is -10.2.